The summed E-state index contributed by atoms with van der Waals surface area (Å²) in [6.45, 7) is 2.83. The number of nitrogens with zero attached hydrogens (tertiary/aromatic N) is 1. The molecule has 4 rings (SSSR count). The largest absolute Gasteiger partial charge is 0.492 e. The number of ether oxygens (including phenoxy) is 1. The predicted octanol–water partition coefficient (Wildman–Crippen LogP) is 3.80. The Hall–Kier alpha value is -2.82. The quantitative estimate of drug-likeness (QED) is 0.470. The summed E-state index contributed by atoms with van der Waals surface area (Å²) in [6.07, 6.45) is 0. The van der Waals surface area contributed by atoms with E-state index in [0.717, 1.165) is 17.7 Å². The molecule has 0 saturated carbocycles. The zero-order valence-corrected chi connectivity index (χ0v) is 15.3. The van der Waals surface area contributed by atoms with Gasteiger partial charge in [-0.15, -0.1) is 0 Å². The van der Waals surface area contributed by atoms with Crippen molar-refractivity contribution in [2.45, 2.75) is 6.54 Å². The maximum Gasteiger partial charge on any atom is 0.129 e. The van der Waals surface area contributed by atoms with Gasteiger partial charge in [-0.2, -0.15) is 0 Å². The lowest BCUT2D eigenvalue weighted by atomic mass is 10.1. The van der Waals surface area contributed by atoms with E-state index < -0.39 is 0 Å². The summed E-state index contributed by atoms with van der Waals surface area (Å²) < 4.78 is 8.44. The summed E-state index contributed by atoms with van der Waals surface area (Å²) in [5.41, 5.74) is 3.67. The molecule has 138 valence electrons. The number of aliphatic hydroxyl groups excluding tert-OH is 1. The molecular weight excluding hydrogens is 336 g/mol. The van der Waals surface area contributed by atoms with Gasteiger partial charge in [0.1, 0.15) is 12.4 Å². The van der Waals surface area contributed by atoms with Crippen LogP contribution in [0, 0.1) is 0 Å². The number of aromatic nitrogens is 1. The predicted molar refractivity (Wildman–Crippen MR) is 110 cm³/mol. The first kappa shape index (κ1) is 17.6. The Morgan fingerprint density at radius 3 is 2.44 bits per heavy atom. The van der Waals surface area contributed by atoms with Gasteiger partial charge in [-0.1, -0.05) is 54.6 Å². The number of fused-ring (bicyclic) bond motifs is 3. The van der Waals surface area contributed by atoms with Gasteiger partial charge in [-0.25, -0.2) is 0 Å². The van der Waals surface area contributed by atoms with Crippen molar-refractivity contribution in [3.8, 4) is 5.75 Å². The van der Waals surface area contributed by atoms with Crippen molar-refractivity contribution in [1.82, 2.24) is 9.88 Å². The molecule has 4 heteroatoms. The van der Waals surface area contributed by atoms with Gasteiger partial charge < -0.3 is 19.7 Å². The second kappa shape index (κ2) is 8.25. The molecule has 0 radical (unpaired) electrons. The fraction of sp³-hybridized carbons (Fsp3) is 0.217. The van der Waals surface area contributed by atoms with E-state index in [0.29, 0.717) is 19.7 Å². The smallest absolute Gasteiger partial charge is 0.129 e. The van der Waals surface area contributed by atoms with E-state index in [-0.39, 0.29) is 6.61 Å². The summed E-state index contributed by atoms with van der Waals surface area (Å²) in [6, 6.07) is 25.3. The van der Waals surface area contributed by atoms with Crippen molar-refractivity contribution >= 4 is 21.8 Å². The number of benzene rings is 3. The number of hydrogen-bond donors (Lipinski definition) is 2. The second-order valence-corrected chi connectivity index (χ2v) is 6.56. The minimum Gasteiger partial charge on any atom is -0.492 e. The van der Waals surface area contributed by atoms with Gasteiger partial charge in [0.2, 0.25) is 0 Å². The van der Waals surface area contributed by atoms with Crippen molar-refractivity contribution in [3.63, 3.8) is 0 Å². The fourth-order valence-electron chi connectivity index (χ4n) is 3.56. The maximum absolute atomic E-state index is 8.86. The Morgan fingerprint density at radius 2 is 1.59 bits per heavy atom. The fourth-order valence-corrected chi connectivity index (χ4v) is 3.56. The lowest BCUT2D eigenvalue weighted by Gasteiger charge is -2.10. The highest BCUT2D eigenvalue weighted by Crippen LogP contribution is 2.36. The van der Waals surface area contributed by atoms with Gasteiger partial charge in [-0.3, -0.25) is 0 Å². The highest BCUT2D eigenvalue weighted by Gasteiger charge is 2.14. The molecular formula is C23H24N2O2. The summed E-state index contributed by atoms with van der Waals surface area (Å²) >= 11 is 0. The molecule has 0 amide bonds. The zero-order valence-electron chi connectivity index (χ0n) is 15.3. The third kappa shape index (κ3) is 3.68. The van der Waals surface area contributed by atoms with Gasteiger partial charge in [0.25, 0.3) is 0 Å². The van der Waals surface area contributed by atoms with E-state index in [9.17, 15) is 0 Å². The summed E-state index contributed by atoms with van der Waals surface area (Å²) in [5, 5.41) is 14.4. The van der Waals surface area contributed by atoms with Crippen LogP contribution in [0.3, 0.4) is 0 Å². The molecule has 0 fully saturated rings. The molecule has 0 bridgehead atoms. The Bertz CT molecular complexity index is 1020. The van der Waals surface area contributed by atoms with Crippen LogP contribution in [0.4, 0.5) is 0 Å². The van der Waals surface area contributed by atoms with E-state index in [4.69, 9.17) is 9.84 Å². The Labute approximate surface area is 159 Å². The number of hydrogen-bond acceptors (Lipinski definition) is 3. The van der Waals surface area contributed by atoms with Crippen molar-refractivity contribution in [2.24, 2.45) is 0 Å². The van der Waals surface area contributed by atoms with Crippen LogP contribution >= 0.6 is 0 Å². The van der Waals surface area contributed by atoms with Crippen LogP contribution in [0.2, 0.25) is 0 Å². The van der Waals surface area contributed by atoms with Gasteiger partial charge in [0.15, 0.2) is 0 Å². The second-order valence-electron chi connectivity index (χ2n) is 6.56. The van der Waals surface area contributed by atoms with E-state index in [2.05, 4.69) is 70.5 Å². The molecule has 0 aliphatic carbocycles. The highest BCUT2D eigenvalue weighted by molar-refractivity contribution is 6.11. The molecule has 0 aliphatic rings. The van der Waals surface area contributed by atoms with Gasteiger partial charge in [0, 0.05) is 35.9 Å². The number of rotatable bonds is 8. The molecule has 4 nitrogen and oxygen atoms in total. The lowest BCUT2D eigenvalue weighted by Crippen LogP contribution is -2.23. The average molecular weight is 360 g/mol. The average Bonchev–Trinajstić information content (AvgIpc) is 3.03. The minimum absolute atomic E-state index is 0.141. The van der Waals surface area contributed by atoms with E-state index in [1.807, 2.05) is 12.1 Å². The minimum atomic E-state index is 0.141. The first-order valence-corrected chi connectivity index (χ1v) is 9.37. The van der Waals surface area contributed by atoms with Crippen molar-refractivity contribution in [1.29, 1.82) is 0 Å². The molecule has 0 aliphatic heterocycles. The van der Waals surface area contributed by atoms with Crippen LogP contribution in [-0.2, 0) is 6.54 Å². The number of nitrogens with one attached hydrogen (secondary N) is 1. The topological polar surface area (TPSA) is 46.4 Å². The van der Waals surface area contributed by atoms with Gasteiger partial charge >= 0.3 is 0 Å². The standard InChI is InChI=1S/C23H24N2O2/c26-15-13-24-14-16-27-22-12-6-11-21-23(22)19-9-4-5-10-20(19)25(21)17-18-7-2-1-3-8-18/h1-12,24,26H,13-17H2. The molecule has 1 heterocycles. The Kier molecular flexibility index (Phi) is 5.37. The van der Waals surface area contributed by atoms with Crippen LogP contribution in [-0.4, -0.2) is 36.0 Å². The SMILES string of the molecule is OCCNCCOc1cccc2c1c1ccccc1n2Cc1ccccc1. The Balaban J connectivity index is 1.73. The molecule has 2 N–H and O–H groups in total. The molecule has 0 atom stereocenters. The maximum atomic E-state index is 8.86. The lowest BCUT2D eigenvalue weighted by molar-refractivity contribution is 0.277. The van der Waals surface area contributed by atoms with Crippen LogP contribution in [0.25, 0.3) is 21.8 Å². The van der Waals surface area contributed by atoms with E-state index >= 15 is 0 Å². The van der Waals surface area contributed by atoms with Crippen molar-refractivity contribution in [2.75, 3.05) is 26.3 Å². The molecule has 4 aromatic rings. The monoisotopic (exact) mass is 360 g/mol. The zero-order chi connectivity index (χ0) is 18.5. The highest BCUT2D eigenvalue weighted by atomic mass is 16.5. The van der Waals surface area contributed by atoms with Crippen LogP contribution in [0.1, 0.15) is 5.56 Å². The first-order chi connectivity index (χ1) is 13.4. The summed E-state index contributed by atoms with van der Waals surface area (Å²) in [5.74, 6) is 0.904. The molecule has 0 spiro atoms. The van der Waals surface area contributed by atoms with E-state index in [1.165, 1.54) is 22.0 Å². The third-order valence-corrected chi connectivity index (χ3v) is 4.77. The van der Waals surface area contributed by atoms with E-state index in [1.54, 1.807) is 0 Å². The molecule has 27 heavy (non-hydrogen) atoms. The van der Waals surface area contributed by atoms with Crippen molar-refractivity contribution < 1.29 is 9.84 Å². The van der Waals surface area contributed by atoms with Crippen LogP contribution in [0.5, 0.6) is 5.75 Å². The summed E-state index contributed by atoms with van der Waals surface area (Å²) in [7, 11) is 0. The third-order valence-electron chi connectivity index (χ3n) is 4.77. The number of para-hydroxylation sites is 1. The first-order valence-electron chi connectivity index (χ1n) is 9.37. The van der Waals surface area contributed by atoms with Gasteiger partial charge in [0.05, 0.1) is 12.1 Å². The normalized spacial score (nSPS) is 11.3. The number of aliphatic hydroxyl groups is 1. The molecule has 1 aromatic heterocycles. The van der Waals surface area contributed by atoms with Crippen LogP contribution in [0.15, 0.2) is 72.8 Å². The van der Waals surface area contributed by atoms with Gasteiger partial charge in [-0.05, 0) is 23.8 Å². The molecule has 0 unspecified atom stereocenters. The van der Waals surface area contributed by atoms with Crippen LogP contribution < -0.4 is 10.1 Å². The summed E-state index contributed by atoms with van der Waals surface area (Å²) in [4.78, 5) is 0. The van der Waals surface area contributed by atoms with Crippen molar-refractivity contribution in [3.05, 3.63) is 78.4 Å². The molecule has 3 aromatic carbocycles. The molecule has 0 saturated heterocycles. The Morgan fingerprint density at radius 1 is 0.815 bits per heavy atom.